The Balaban J connectivity index is 2.60. The van der Waals surface area contributed by atoms with E-state index in [0.29, 0.717) is 0 Å². The molecule has 0 saturated heterocycles. The van der Waals surface area contributed by atoms with Gasteiger partial charge < -0.3 is 19.6 Å². The average molecular weight is 249 g/mol. The lowest BCUT2D eigenvalue weighted by Gasteiger charge is -2.08. The number of hydrogen-bond donors (Lipinski definition) is 2. The zero-order valence-corrected chi connectivity index (χ0v) is 11.0. The molecule has 0 spiro atoms. The molecule has 0 fully saturated rings. The van der Waals surface area contributed by atoms with Gasteiger partial charge in [0, 0.05) is 29.8 Å². The number of ether oxygens (including phenoxy) is 2. The first-order valence-electron chi connectivity index (χ1n) is 6.05. The van der Waals surface area contributed by atoms with Crippen molar-refractivity contribution in [3.63, 3.8) is 0 Å². The lowest BCUT2D eigenvalue weighted by molar-refractivity contribution is 0.288. The van der Waals surface area contributed by atoms with Gasteiger partial charge in [0.25, 0.3) is 0 Å². The van der Waals surface area contributed by atoms with Crippen LogP contribution in [0, 0.1) is 6.92 Å². The smallest absolute Gasteiger partial charge is 0.132 e. The molecule has 1 aromatic heterocycles. The average Bonchev–Trinajstić information content (AvgIpc) is 2.70. The highest BCUT2D eigenvalue weighted by Gasteiger charge is 2.14. The number of H-pyrrole nitrogens is 1. The normalized spacial score (nSPS) is 10.9. The quantitative estimate of drug-likeness (QED) is 0.855. The van der Waals surface area contributed by atoms with Gasteiger partial charge in [-0.05, 0) is 25.3 Å². The lowest BCUT2D eigenvalue weighted by atomic mass is 10.0. The second kappa shape index (κ2) is 5.31. The fraction of sp³-hybridized carbons (Fsp3) is 0.429. The second-order valence-corrected chi connectivity index (χ2v) is 4.31. The fourth-order valence-corrected chi connectivity index (χ4v) is 2.31. The summed E-state index contributed by atoms with van der Waals surface area (Å²) in [4.78, 5) is 3.34. The fourth-order valence-electron chi connectivity index (χ4n) is 2.31. The van der Waals surface area contributed by atoms with Crippen LogP contribution in [0.15, 0.2) is 12.1 Å². The number of aliphatic hydroxyl groups excluding tert-OH is 1. The van der Waals surface area contributed by atoms with Crippen LogP contribution in [0.2, 0.25) is 0 Å². The zero-order valence-electron chi connectivity index (χ0n) is 11.0. The number of rotatable bonds is 5. The van der Waals surface area contributed by atoms with Gasteiger partial charge in [-0.25, -0.2) is 0 Å². The van der Waals surface area contributed by atoms with Crippen molar-refractivity contribution in [2.45, 2.75) is 19.8 Å². The Labute approximate surface area is 107 Å². The molecule has 4 nitrogen and oxygen atoms in total. The van der Waals surface area contributed by atoms with Crippen LogP contribution in [0.3, 0.4) is 0 Å². The third kappa shape index (κ3) is 2.16. The molecule has 2 rings (SSSR count). The Kier molecular flexibility index (Phi) is 3.77. The number of hydrogen-bond acceptors (Lipinski definition) is 3. The Hall–Kier alpha value is -1.68. The number of aromatic nitrogens is 1. The molecule has 0 aliphatic rings. The van der Waals surface area contributed by atoms with E-state index in [1.807, 2.05) is 19.1 Å². The molecule has 1 aromatic carbocycles. The van der Waals surface area contributed by atoms with E-state index in [4.69, 9.17) is 14.6 Å². The monoisotopic (exact) mass is 249 g/mol. The van der Waals surface area contributed by atoms with Crippen molar-refractivity contribution in [3.05, 3.63) is 23.4 Å². The van der Waals surface area contributed by atoms with E-state index in [-0.39, 0.29) is 6.61 Å². The van der Waals surface area contributed by atoms with Crippen LogP contribution in [-0.4, -0.2) is 30.9 Å². The molecular weight excluding hydrogens is 230 g/mol. The van der Waals surface area contributed by atoms with E-state index < -0.39 is 0 Å². The molecule has 4 heteroatoms. The SMILES string of the molecule is COc1cc(OC)c2c(CCCO)c(C)[nH]c2c1. The van der Waals surface area contributed by atoms with Gasteiger partial charge in [0.1, 0.15) is 11.5 Å². The molecule has 0 radical (unpaired) electrons. The minimum atomic E-state index is 0.199. The molecule has 2 aromatic rings. The van der Waals surface area contributed by atoms with Crippen molar-refractivity contribution in [1.29, 1.82) is 0 Å². The summed E-state index contributed by atoms with van der Waals surface area (Å²) in [6.07, 6.45) is 1.59. The van der Waals surface area contributed by atoms with Gasteiger partial charge in [-0.15, -0.1) is 0 Å². The molecule has 0 atom stereocenters. The van der Waals surface area contributed by atoms with Crippen molar-refractivity contribution in [2.75, 3.05) is 20.8 Å². The van der Waals surface area contributed by atoms with Crippen LogP contribution >= 0.6 is 0 Å². The van der Waals surface area contributed by atoms with Gasteiger partial charge in [0.15, 0.2) is 0 Å². The molecule has 1 heterocycles. The van der Waals surface area contributed by atoms with Crippen molar-refractivity contribution in [2.24, 2.45) is 0 Å². The number of methoxy groups -OCH3 is 2. The summed E-state index contributed by atoms with van der Waals surface area (Å²) >= 11 is 0. The number of aryl methyl sites for hydroxylation is 2. The van der Waals surface area contributed by atoms with Crippen LogP contribution in [0.25, 0.3) is 10.9 Å². The maximum Gasteiger partial charge on any atom is 0.132 e. The highest BCUT2D eigenvalue weighted by Crippen LogP contribution is 2.35. The molecule has 98 valence electrons. The molecule has 2 N–H and O–H groups in total. The van der Waals surface area contributed by atoms with Gasteiger partial charge in [0.05, 0.1) is 19.7 Å². The number of aromatic amines is 1. The first-order chi connectivity index (χ1) is 8.71. The Morgan fingerprint density at radius 2 is 2.00 bits per heavy atom. The highest BCUT2D eigenvalue weighted by atomic mass is 16.5. The Morgan fingerprint density at radius 1 is 1.22 bits per heavy atom. The van der Waals surface area contributed by atoms with Crippen LogP contribution in [0.4, 0.5) is 0 Å². The molecule has 18 heavy (non-hydrogen) atoms. The van der Waals surface area contributed by atoms with Crippen LogP contribution in [0.5, 0.6) is 11.5 Å². The third-order valence-corrected chi connectivity index (χ3v) is 3.19. The van der Waals surface area contributed by atoms with Crippen LogP contribution < -0.4 is 9.47 Å². The van der Waals surface area contributed by atoms with Crippen molar-refractivity contribution in [1.82, 2.24) is 4.98 Å². The first kappa shape index (κ1) is 12.8. The lowest BCUT2D eigenvalue weighted by Crippen LogP contribution is -1.93. The standard InChI is InChI=1S/C14H19NO3/c1-9-11(5-4-6-16)14-12(15-9)7-10(17-2)8-13(14)18-3/h7-8,15-16H,4-6H2,1-3H3. The summed E-state index contributed by atoms with van der Waals surface area (Å²) in [6, 6.07) is 3.85. The predicted octanol–water partition coefficient (Wildman–Crippen LogP) is 2.42. The summed E-state index contributed by atoms with van der Waals surface area (Å²) < 4.78 is 10.7. The Morgan fingerprint density at radius 3 is 2.61 bits per heavy atom. The molecule has 0 unspecified atom stereocenters. The maximum atomic E-state index is 8.98. The number of benzene rings is 1. The molecule has 0 amide bonds. The van der Waals surface area contributed by atoms with E-state index in [1.54, 1.807) is 14.2 Å². The van der Waals surface area contributed by atoms with Gasteiger partial charge in [-0.3, -0.25) is 0 Å². The van der Waals surface area contributed by atoms with Gasteiger partial charge in [-0.1, -0.05) is 0 Å². The molecule has 0 aliphatic carbocycles. The van der Waals surface area contributed by atoms with E-state index in [2.05, 4.69) is 4.98 Å². The Bertz CT molecular complexity index is 545. The highest BCUT2D eigenvalue weighted by molar-refractivity contribution is 5.91. The van der Waals surface area contributed by atoms with Gasteiger partial charge in [-0.2, -0.15) is 0 Å². The van der Waals surface area contributed by atoms with E-state index in [1.165, 1.54) is 5.56 Å². The van der Waals surface area contributed by atoms with E-state index in [0.717, 1.165) is 40.9 Å². The molecular formula is C14H19NO3. The van der Waals surface area contributed by atoms with Gasteiger partial charge >= 0.3 is 0 Å². The maximum absolute atomic E-state index is 8.98. The summed E-state index contributed by atoms with van der Waals surface area (Å²) in [5.41, 5.74) is 3.33. The molecule has 0 aliphatic heterocycles. The predicted molar refractivity (Wildman–Crippen MR) is 71.5 cm³/mol. The van der Waals surface area contributed by atoms with Crippen molar-refractivity contribution in [3.8, 4) is 11.5 Å². The summed E-state index contributed by atoms with van der Waals surface area (Å²) in [5, 5.41) is 10.1. The number of fused-ring (bicyclic) bond motifs is 1. The summed E-state index contributed by atoms with van der Waals surface area (Å²) in [7, 11) is 3.30. The third-order valence-electron chi connectivity index (χ3n) is 3.19. The van der Waals surface area contributed by atoms with Crippen LogP contribution in [0.1, 0.15) is 17.7 Å². The summed E-state index contributed by atoms with van der Waals surface area (Å²) in [6.45, 7) is 2.24. The van der Waals surface area contributed by atoms with E-state index in [9.17, 15) is 0 Å². The number of aliphatic hydroxyl groups is 1. The minimum Gasteiger partial charge on any atom is -0.497 e. The van der Waals surface area contributed by atoms with Crippen molar-refractivity contribution >= 4 is 10.9 Å². The topological polar surface area (TPSA) is 54.5 Å². The number of nitrogens with one attached hydrogen (secondary N) is 1. The van der Waals surface area contributed by atoms with Crippen molar-refractivity contribution < 1.29 is 14.6 Å². The summed E-state index contributed by atoms with van der Waals surface area (Å²) in [5.74, 6) is 1.58. The largest absolute Gasteiger partial charge is 0.497 e. The molecule has 0 bridgehead atoms. The minimum absolute atomic E-state index is 0.199. The van der Waals surface area contributed by atoms with E-state index >= 15 is 0 Å². The zero-order chi connectivity index (χ0) is 13.1. The molecule has 0 saturated carbocycles. The van der Waals surface area contributed by atoms with Crippen LogP contribution in [-0.2, 0) is 6.42 Å². The first-order valence-corrected chi connectivity index (χ1v) is 6.05. The second-order valence-electron chi connectivity index (χ2n) is 4.31. The van der Waals surface area contributed by atoms with Gasteiger partial charge in [0.2, 0.25) is 0 Å².